The molecule has 1 heterocycles. The predicted octanol–water partition coefficient (Wildman–Crippen LogP) is 1.66. The van der Waals surface area contributed by atoms with Gasteiger partial charge in [0.25, 0.3) is 0 Å². The number of hydrogen-bond donors (Lipinski definition) is 2. The summed E-state index contributed by atoms with van der Waals surface area (Å²) in [6, 6.07) is 9.27. The Kier molecular flexibility index (Phi) is 5.46. The van der Waals surface area contributed by atoms with Crippen LogP contribution in [-0.2, 0) is 21.6 Å². The average molecular weight is 318 g/mol. The van der Waals surface area contributed by atoms with Crippen LogP contribution in [0.25, 0.3) is 0 Å². The number of ether oxygens (including phenoxy) is 1. The molecule has 2 rings (SSSR count). The third-order valence-corrected chi connectivity index (χ3v) is 3.70. The van der Waals surface area contributed by atoms with Gasteiger partial charge in [0.15, 0.2) is 5.82 Å². The summed E-state index contributed by atoms with van der Waals surface area (Å²) < 4.78 is 10.6. The van der Waals surface area contributed by atoms with Gasteiger partial charge in [-0.05, 0) is 26.3 Å². The number of nitrogens with zero attached hydrogens (tertiary/aromatic N) is 2. The van der Waals surface area contributed by atoms with Gasteiger partial charge in [-0.15, -0.1) is 0 Å². The highest BCUT2D eigenvalue weighted by molar-refractivity contribution is 5.85. The van der Waals surface area contributed by atoms with Gasteiger partial charge in [-0.25, -0.2) is 0 Å². The van der Waals surface area contributed by atoms with Gasteiger partial charge in [0.2, 0.25) is 11.8 Å². The first-order valence-electron chi connectivity index (χ1n) is 7.52. The van der Waals surface area contributed by atoms with Crippen molar-refractivity contribution in [3.63, 3.8) is 0 Å². The molecule has 0 radical (unpaired) electrons. The molecule has 0 spiro atoms. The standard InChI is InChI=1S/C16H22N4O3/c1-4-22-11(2)14-19-13(23-20-14)10-18-16(3,15(17)21)12-8-6-5-7-9-12/h5-9,11,18H,4,10H2,1-3H3,(H2,17,21)/t11-,16+/m1/s1. The van der Waals surface area contributed by atoms with Crippen molar-refractivity contribution < 1.29 is 14.1 Å². The molecule has 2 aromatic rings. The summed E-state index contributed by atoms with van der Waals surface area (Å²) in [5, 5.41) is 6.99. The largest absolute Gasteiger partial charge is 0.371 e. The molecular weight excluding hydrogens is 296 g/mol. The zero-order chi connectivity index (χ0) is 16.9. The summed E-state index contributed by atoms with van der Waals surface area (Å²) in [6.07, 6.45) is -0.242. The quantitative estimate of drug-likeness (QED) is 0.767. The van der Waals surface area contributed by atoms with Crippen LogP contribution in [0.2, 0.25) is 0 Å². The second-order valence-electron chi connectivity index (χ2n) is 5.35. The summed E-state index contributed by atoms with van der Waals surface area (Å²) in [5.74, 6) is 0.366. The first-order chi connectivity index (χ1) is 11.0. The molecule has 0 saturated carbocycles. The van der Waals surface area contributed by atoms with E-state index in [2.05, 4.69) is 15.5 Å². The molecule has 23 heavy (non-hydrogen) atoms. The van der Waals surface area contributed by atoms with E-state index in [1.54, 1.807) is 6.92 Å². The Hall–Kier alpha value is -2.25. The monoisotopic (exact) mass is 318 g/mol. The summed E-state index contributed by atoms with van der Waals surface area (Å²) in [6.45, 7) is 6.27. The fourth-order valence-corrected chi connectivity index (χ4v) is 2.18. The van der Waals surface area contributed by atoms with Crippen LogP contribution in [0, 0.1) is 0 Å². The number of rotatable bonds is 8. The van der Waals surface area contributed by atoms with E-state index < -0.39 is 11.4 Å². The highest BCUT2D eigenvalue weighted by Gasteiger charge is 2.33. The van der Waals surface area contributed by atoms with E-state index in [4.69, 9.17) is 15.0 Å². The molecule has 0 fully saturated rings. The van der Waals surface area contributed by atoms with E-state index in [1.165, 1.54) is 0 Å². The maximum Gasteiger partial charge on any atom is 0.242 e. The third kappa shape index (κ3) is 3.94. The highest BCUT2D eigenvalue weighted by atomic mass is 16.5. The number of carbonyl (C=O) groups is 1. The Balaban J connectivity index is 2.10. The minimum Gasteiger partial charge on any atom is -0.371 e. The van der Waals surface area contributed by atoms with Crippen molar-refractivity contribution in [2.24, 2.45) is 5.73 Å². The zero-order valence-corrected chi connectivity index (χ0v) is 13.6. The lowest BCUT2D eigenvalue weighted by molar-refractivity contribution is -0.124. The Morgan fingerprint density at radius 1 is 1.43 bits per heavy atom. The van der Waals surface area contributed by atoms with E-state index >= 15 is 0 Å². The van der Waals surface area contributed by atoms with Crippen LogP contribution in [-0.4, -0.2) is 22.7 Å². The predicted molar refractivity (Wildman–Crippen MR) is 84.2 cm³/mol. The molecular formula is C16H22N4O3. The van der Waals surface area contributed by atoms with Gasteiger partial charge in [0, 0.05) is 6.61 Å². The van der Waals surface area contributed by atoms with E-state index in [-0.39, 0.29) is 12.6 Å². The van der Waals surface area contributed by atoms with Crippen molar-refractivity contribution in [2.45, 2.75) is 39.0 Å². The fraction of sp³-hybridized carbons (Fsp3) is 0.438. The normalized spacial score (nSPS) is 15.1. The lowest BCUT2D eigenvalue weighted by Crippen LogP contribution is -2.50. The van der Waals surface area contributed by atoms with Gasteiger partial charge in [0.05, 0.1) is 6.54 Å². The summed E-state index contributed by atoms with van der Waals surface area (Å²) in [5.41, 5.74) is 5.32. The molecule has 1 amide bonds. The van der Waals surface area contributed by atoms with Crippen molar-refractivity contribution in [1.29, 1.82) is 0 Å². The maximum atomic E-state index is 11.9. The summed E-state index contributed by atoms with van der Waals surface area (Å²) in [4.78, 5) is 16.2. The highest BCUT2D eigenvalue weighted by Crippen LogP contribution is 2.21. The Morgan fingerprint density at radius 3 is 2.74 bits per heavy atom. The van der Waals surface area contributed by atoms with E-state index in [9.17, 15) is 4.79 Å². The number of primary amides is 1. The molecule has 7 heteroatoms. The van der Waals surface area contributed by atoms with Crippen LogP contribution >= 0.6 is 0 Å². The van der Waals surface area contributed by atoms with Gasteiger partial charge >= 0.3 is 0 Å². The molecule has 3 N–H and O–H groups in total. The number of hydrogen-bond acceptors (Lipinski definition) is 6. The minimum absolute atomic E-state index is 0.222. The van der Waals surface area contributed by atoms with Crippen molar-refractivity contribution in [1.82, 2.24) is 15.5 Å². The van der Waals surface area contributed by atoms with E-state index in [1.807, 2.05) is 44.2 Å². The first kappa shape index (κ1) is 17.1. The molecule has 0 aliphatic heterocycles. The van der Waals surface area contributed by atoms with Gasteiger partial charge in [-0.2, -0.15) is 4.98 Å². The zero-order valence-electron chi connectivity index (χ0n) is 13.6. The van der Waals surface area contributed by atoms with Crippen molar-refractivity contribution in [3.05, 3.63) is 47.6 Å². The van der Waals surface area contributed by atoms with Gasteiger partial charge in [-0.3, -0.25) is 10.1 Å². The number of aromatic nitrogens is 2. The molecule has 0 aliphatic rings. The van der Waals surface area contributed by atoms with Crippen molar-refractivity contribution in [2.75, 3.05) is 6.61 Å². The van der Waals surface area contributed by atoms with Crippen LogP contribution in [0.4, 0.5) is 0 Å². The molecule has 1 aromatic heterocycles. The number of amides is 1. The third-order valence-electron chi connectivity index (χ3n) is 3.70. The van der Waals surface area contributed by atoms with Crippen molar-refractivity contribution in [3.8, 4) is 0 Å². The molecule has 0 bridgehead atoms. The Labute approximate surface area is 135 Å². The molecule has 2 atom stereocenters. The molecule has 0 saturated heterocycles. The number of nitrogens with one attached hydrogen (secondary N) is 1. The molecule has 0 unspecified atom stereocenters. The first-order valence-corrected chi connectivity index (χ1v) is 7.52. The summed E-state index contributed by atoms with van der Waals surface area (Å²) in [7, 11) is 0. The Morgan fingerprint density at radius 2 is 2.13 bits per heavy atom. The second-order valence-corrected chi connectivity index (χ2v) is 5.35. The number of benzene rings is 1. The van der Waals surface area contributed by atoms with Gasteiger partial charge < -0.3 is 15.0 Å². The van der Waals surface area contributed by atoms with Crippen LogP contribution in [0.3, 0.4) is 0 Å². The van der Waals surface area contributed by atoms with Gasteiger partial charge in [0.1, 0.15) is 11.6 Å². The Bertz CT molecular complexity index is 644. The SMILES string of the molecule is CCO[C@H](C)c1noc(CN[C@](C)(C(N)=O)c2ccccc2)n1. The minimum atomic E-state index is -1.03. The molecule has 0 aliphatic carbocycles. The van der Waals surface area contributed by atoms with Crippen LogP contribution in [0.15, 0.2) is 34.9 Å². The molecule has 124 valence electrons. The van der Waals surface area contributed by atoms with Crippen LogP contribution in [0.5, 0.6) is 0 Å². The molecule has 1 aromatic carbocycles. The average Bonchev–Trinajstić information content (AvgIpc) is 3.02. The lowest BCUT2D eigenvalue weighted by atomic mass is 9.91. The number of nitrogens with two attached hydrogens (primary N) is 1. The van der Waals surface area contributed by atoms with Crippen LogP contribution in [0.1, 0.15) is 44.2 Å². The van der Waals surface area contributed by atoms with Crippen LogP contribution < -0.4 is 11.1 Å². The number of carbonyl (C=O) groups excluding carboxylic acids is 1. The summed E-state index contributed by atoms with van der Waals surface area (Å²) >= 11 is 0. The van der Waals surface area contributed by atoms with Gasteiger partial charge in [-0.1, -0.05) is 35.5 Å². The fourth-order valence-electron chi connectivity index (χ4n) is 2.18. The topological polar surface area (TPSA) is 103 Å². The lowest BCUT2D eigenvalue weighted by Gasteiger charge is -2.27. The second kappa shape index (κ2) is 7.34. The van der Waals surface area contributed by atoms with E-state index in [0.29, 0.717) is 18.3 Å². The van der Waals surface area contributed by atoms with Crippen molar-refractivity contribution >= 4 is 5.91 Å². The molecule has 7 nitrogen and oxygen atoms in total. The smallest absolute Gasteiger partial charge is 0.242 e. The maximum absolute atomic E-state index is 11.9. The van der Waals surface area contributed by atoms with E-state index in [0.717, 1.165) is 5.56 Å².